The van der Waals surface area contributed by atoms with Crippen LogP contribution in [-0.4, -0.2) is 54.9 Å². The molecule has 1 aliphatic rings. The summed E-state index contributed by atoms with van der Waals surface area (Å²) in [6, 6.07) is 7.77. The third-order valence-corrected chi connectivity index (χ3v) is 3.71. The van der Waals surface area contributed by atoms with E-state index in [1.54, 1.807) is 0 Å². The van der Waals surface area contributed by atoms with Crippen molar-refractivity contribution in [3.05, 3.63) is 28.7 Å². The van der Waals surface area contributed by atoms with Gasteiger partial charge in [-0.05, 0) is 31.5 Å². The lowest BCUT2D eigenvalue weighted by atomic mass is 10.3. The number of aliphatic imine (C=N–C) groups is 1. The van der Waals surface area contributed by atoms with Crippen molar-refractivity contribution in [1.82, 2.24) is 10.2 Å². The van der Waals surface area contributed by atoms with E-state index in [2.05, 4.69) is 31.1 Å². The molecule has 21 heavy (non-hydrogen) atoms. The minimum atomic E-state index is -0.244. The van der Waals surface area contributed by atoms with Gasteiger partial charge in [-0.1, -0.05) is 22.0 Å². The average Bonchev–Trinajstić information content (AvgIpc) is 2.89. The highest BCUT2D eigenvalue weighted by molar-refractivity contribution is 9.10. The van der Waals surface area contributed by atoms with E-state index in [1.165, 1.54) is 0 Å². The van der Waals surface area contributed by atoms with Crippen molar-refractivity contribution in [1.29, 1.82) is 0 Å². The number of ether oxygens (including phenoxy) is 1. The smallest absolute Gasteiger partial charge is 0.194 e. The number of halogens is 1. The molecule has 0 unspecified atom stereocenters. The second-order valence-corrected chi connectivity index (χ2v) is 5.85. The van der Waals surface area contributed by atoms with E-state index >= 15 is 0 Å². The van der Waals surface area contributed by atoms with Crippen molar-refractivity contribution in [2.24, 2.45) is 4.99 Å². The van der Waals surface area contributed by atoms with E-state index < -0.39 is 0 Å². The van der Waals surface area contributed by atoms with Gasteiger partial charge in [-0.25, -0.2) is 4.99 Å². The molecule has 2 rings (SSSR count). The Morgan fingerprint density at radius 3 is 3.10 bits per heavy atom. The van der Waals surface area contributed by atoms with Crippen LogP contribution >= 0.6 is 15.9 Å². The maximum absolute atomic E-state index is 9.61. The van der Waals surface area contributed by atoms with Gasteiger partial charge in [0.2, 0.25) is 0 Å². The summed E-state index contributed by atoms with van der Waals surface area (Å²) >= 11 is 3.42. The Labute approximate surface area is 134 Å². The van der Waals surface area contributed by atoms with Crippen LogP contribution in [0.5, 0.6) is 5.75 Å². The molecular weight excluding hydrogens is 334 g/mol. The lowest BCUT2D eigenvalue weighted by Gasteiger charge is -2.20. The Morgan fingerprint density at radius 2 is 2.43 bits per heavy atom. The second kappa shape index (κ2) is 8.24. The van der Waals surface area contributed by atoms with Crippen LogP contribution in [-0.2, 0) is 0 Å². The van der Waals surface area contributed by atoms with Gasteiger partial charge in [-0.3, -0.25) is 0 Å². The number of β-amino-alcohol motifs (C(OH)–C–C–N with tert-alkyl or cyclic N) is 1. The van der Waals surface area contributed by atoms with Crippen LogP contribution in [0.2, 0.25) is 0 Å². The first-order valence-electron chi connectivity index (χ1n) is 7.28. The SMILES string of the molecule is CCNC(=NCCOc1cccc(Br)c1)N1CC[C@@H](O)C1. The molecule has 0 aliphatic carbocycles. The topological polar surface area (TPSA) is 57.1 Å². The van der Waals surface area contributed by atoms with Gasteiger partial charge in [-0.2, -0.15) is 0 Å². The number of rotatable bonds is 5. The molecule has 1 aliphatic heterocycles. The summed E-state index contributed by atoms with van der Waals surface area (Å²) in [5.41, 5.74) is 0. The van der Waals surface area contributed by atoms with E-state index in [1.807, 2.05) is 31.2 Å². The fourth-order valence-electron chi connectivity index (χ4n) is 2.23. The molecule has 0 bridgehead atoms. The van der Waals surface area contributed by atoms with Crippen molar-refractivity contribution in [3.63, 3.8) is 0 Å². The molecule has 2 N–H and O–H groups in total. The molecule has 0 aromatic heterocycles. The molecule has 1 aromatic carbocycles. The molecule has 5 nitrogen and oxygen atoms in total. The van der Waals surface area contributed by atoms with Crippen molar-refractivity contribution in [2.45, 2.75) is 19.4 Å². The van der Waals surface area contributed by atoms with Crippen molar-refractivity contribution in [2.75, 3.05) is 32.8 Å². The minimum absolute atomic E-state index is 0.244. The molecule has 0 radical (unpaired) electrons. The number of nitrogens with zero attached hydrogens (tertiary/aromatic N) is 2. The van der Waals surface area contributed by atoms with Gasteiger partial charge in [0, 0.05) is 24.1 Å². The van der Waals surface area contributed by atoms with Crippen LogP contribution in [0.25, 0.3) is 0 Å². The zero-order chi connectivity index (χ0) is 15.1. The van der Waals surface area contributed by atoms with E-state index in [9.17, 15) is 5.11 Å². The zero-order valence-corrected chi connectivity index (χ0v) is 13.8. The molecule has 1 atom stereocenters. The highest BCUT2D eigenvalue weighted by atomic mass is 79.9. The van der Waals surface area contributed by atoms with E-state index in [0.717, 1.165) is 35.7 Å². The summed E-state index contributed by atoms with van der Waals surface area (Å²) in [4.78, 5) is 6.64. The Hall–Kier alpha value is -1.27. The molecule has 1 saturated heterocycles. The molecule has 116 valence electrons. The van der Waals surface area contributed by atoms with Crippen LogP contribution in [0.4, 0.5) is 0 Å². The summed E-state index contributed by atoms with van der Waals surface area (Å²) in [5, 5.41) is 12.9. The lowest BCUT2D eigenvalue weighted by molar-refractivity contribution is 0.187. The summed E-state index contributed by atoms with van der Waals surface area (Å²) in [7, 11) is 0. The summed E-state index contributed by atoms with van der Waals surface area (Å²) < 4.78 is 6.67. The molecule has 1 heterocycles. The number of nitrogens with one attached hydrogen (secondary N) is 1. The number of aliphatic hydroxyl groups excluding tert-OH is 1. The Bertz CT molecular complexity index is 482. The van der Waals surface area contributed by atoms with Gasteiger partial charge in [0.05, 0.1) is 12.6 Å². The summed E-state index contributed by atoms with van der Waals surface area (Å²) in [6.45, 7) is 5.47. The summed E-state index contributed by atoms with van der Waals surface area (Å²) in [6.07, 6.45) is 0.561. The fourth-order valence-corrected chi connectivity index (χ4v) is 2.61. The molecule has 0 saturated carbocycles. The van der Waals surface area contributed by atoms with E-state index in [4.69, 9.17) is 4.74 Å². The number of benzene rings is 1. The Balaban J connectivity index is 1.82. The molecular formula is C15H22BrN3O2. The number of aliphatic hydroxyl groups is 1. The lowest BCUT2D eigenvalue weighted by Crippen LogP contribution is -2.40. The van der Waals surface area contributed by atoms with Crippen molar-refractivity contribution in [3.8, 4) is 5.75 Å². The second-order valence-electron chi connectivity index (χ2n) is 4.93. The number of hydrogen-bond donors (Lipinski definition) is 2. The van der Waals surface area contributed by atoms with Crippen LogP contribution < -0.4 is 10.1 Å². The van der Waals surface area contributed by atoms with Gasteiger partial charge >= 0.3 is 0 Å². The van der Waals surface area contributed by atoms with Gasteiger partial charge < -0.3 is 20.1 Å². The first-order valence-corrected chi connectivity index (χ1v) is 8.08. The largest absolute Gasteiger partial charge is 0.492 e. The maximum Gasteiger partial charge on any atom is 0.194 e. The molecule has 1 aromatic rings. The molecule has 1 fully saturated rings. The van der Waals surface area contributed by atoms with Crippen molar-refractivity contribution < 1.29 is 9.84 Å². The highest BCUT2D eigenvalue weighted by Crippen LogP contribution is 2.17. The first kappa shape index (κ1) is 16.1. The fraction of sp³-hybridized carbons (Fsp3) is 0.533. The van der Waals surface area contributed by atoms with E-state index in [0.29, 0.717) is 19.7 Å². The first-order chi connectivity index (χ1) is 10.2. The number of hydrogen-bond acceptors (Lipinski definition) is 3. The minimum Gasteiger partial charge on any atom is -0.492 e. The normalized spacial score (nSPS) is 18.9. The Kier molecular flexibility index (Phi) is 6.32. The number of guanidine groups is 1. The third kappa shape index (κ3) is 5.21. The predicted molar refractivity (Wildman–Crippen MR) is 87.8 cm³/mol. The average molecular weight is 356 g/mol. The van der Waals surface area contributed by atoms with Crippen LogP contribution in [0, 0.1) is 0 Å². The molecule has 0 spiro atoms. The van der Waals surface area contributed by atoms with Crippen molar-refractivity contribution >= 4 is 21.9 Å². The third-order valence-electron chi connectivity index (χ3n) is 3.22. The maximum atomic E-state index is 9.61. The standard InChI is InChI=1S/C15H22BrN3O2/c1-2-17-15(19-8-6-13(20)11-19)18-7-9-21-14-5-3-4-12(16)10-14/h3-5,10,13,20H,2,6-9,11H2,1H3,(H,17,18)/t13-/m1/s1. The van der Waals surface area contributed by atoms with Gasteiger partial charge in [0.15, 0.2) is 5.96 Å². The van der Waals surface area contributed by atoms with Gasteiger partial charge in [0.25, 0.3) is 0 Å². The van der Waals surface area contributed by atoms with Crippen LogP contribution in [0.15, 0.2) is 33.7 Å². The molecule has 0 amide bonds. The van der Waals surface area contributed by atoms with Gasteiger partial charge in [0.1, 0.15) is 12.4 Å². The van der Waals surface area contributed by atoms with Gasteiger partial charge in [-0.15, -0.1) is 0 Å². The highest BCUT2D eigenvalue weighted by Gasteiger charge is 2.22. The van der Waals surface area contributed by atoms with Crippen LogP contribution in [0.3, 0.4) is 0 Å². The monoisotopic (exact) mass is 355 g/mol. The summed E-state index contributed by atoms with van der Waals surface area (Å²) in [5.74, 6) is 1.69. The van der Waals surface area contributed by atoms with E-state index in [-0.39, 0.29) is 6.10 Å². The predicted octanol–water partition coefficient (Wildman–Crippen LogP) is 1.86. The quantitative estimate of drug-likeness (QED) is 0.480. The zero-order valence-electron chi connectivity index (χ0n) is 12.3. The Morgan fingerprint density at radius 1 is 1.57 bits per heavy atom. The number of likely N-dealkylation sites (tertiary alicyclic amines) is 1. The van der Waals surface area contributed by atoms with Crippen LogP contribution in [0.1, 0.15) is 13.3 Å². The molecule has 6 heteroatoms.